The zero-order chi connectivity index (χ0) is 16.7. The van der Waals surface area contributed by atoms with Crippen LogP contribution in [0.2, 0.25) is 0 Å². The van der Waals surface area contributed by atoms with Crippen LogP contribution in [0.15, 0.2) is 42.5 Å². The van der Waals surface area contributed by atoms with Crippen molar-refractivity contribution in [3.8, 4) is 11.5 Å². The Balaban J connectivity index is 2.13. The molecule has 2 aromatic rings. The number of carbonyl (C=O) groups excluding carboxylic acids is 1. The molecule has 2 rings (SSSR count). The van der Waals surface area contributed by atoms with E-state index in [1.165, 1.54) is 18.2 Å². The van der Waals surface area contributed by atoms with Crippen LogP contribution in [0.1, 0.15) is 30.5 Å². The number of benzene rings is 2. The van der Waals surface area contributed by atoms with Crippen molar-refractivity contribution >= 4 is 6.16 Å². The number of aryl methyl sites for hydroxylation is 2. The van der Waals surface area contributed by atoms with Crippen molar-refractivity contribution in [2.75, 3.05) is 7.11 Å². The molecule has 0 saturated heterocycles. The maximum Gasteiger partial charge on any atom is 0.513 e. The predicted octanol–water partition coefficient (Wildman–Crippen LogP) is 4.54. The van der Waals surface area contributed by atoms with Gasteiger partial charge in [0.05, 0.1) is 7.11 Å². The van der Waals surface area contributed by atoms with Crippen LogP contribution in [-0.4, -0.2) is 13.3 Å². The molecule has 122 valence electrons. The molecule has 0 aliphatic carbocycles. The first kappa shape index (κ1) is 16.9. The lowest BCUT2D eigenvalue weighted by Crippen LogP contribution is -2.10. The van der Waals surface area contributed by atoms with Gasteiger partial charge in [0.1, 0.15) is 18.1 Å². The van der Waals surface area contributed by atoms with Crippen molar-refractivity contribution in [2.45, 2.75) is 33.3 Å². The molecule has 0 heterocycles. The Hall–Kier alpha value is -2.49. The third-order valence-corrected chi connectivity index (χ3v) is 3.63. The van der Waals surface area contributed by atoms with Gasteiger partial charge >= 0.3 is 6.16 Å². The molecular weight excluding hydrogens is 292 g/mol. The van der Waals surface area contributed by atoms with Crippen LogP contribution >= 0.6 is 0 Å². The topological polar surface area (TPSA) is 44.8 Å². The van der Waals surface area contributed by atoms with Crippen LogP contribution in [-0.2, 0) is 24.2 Å². The Bertz CT molecular complexity index is 664. The van der Waals surface area contributed by atoms with Crippen LogP contribution in [0, 0.1) is 0 Å². The number of hydrogen-bond donors (Lipinski definition) is 0. The van der Waals surface area contributed by atoms with E-state index >= 15 is 0 Å². The lowest BCUT2D eigenvalue weighted by molar-refractivity contribution is 0.120. The summed E-state index contributed by atoms with van der Waals surface area (Å²) in [6.45, 7) is 4.57. The number of carbonyl (C=O) groups is 1. The van der Waals surface area contributed by atoms with Crippen LogP contribution in [0.5, 0.6) is 11.5 Å². The van der Waals surface area contributed by atoms with Gasteiger partial charge in [0.2, 0.25) is 0 Å². The molecule has 0 aromatic heterocycles. The molecule has 0 amide bonds. The highest BCUT2D eigenvalue weighted by Crippen LogP contribution is 2.25. The van der Waals surface area contributed by atoms with Gasteiger partial charge in [-0.15, -0.1) is 0 Å². The van der Waals surface area contributed by atoms with E-state index in [0.717, 1.165) is 24.2 Å². The fraction of sp³-hybridized carbons (Fsp3) is 0.316. The van der Waals surface area contributed by atoms with Gasteiger partial charge in [-0.2, -0.15) is 0 Å². The molecule has 23 heavy (non-hydrogen) atoms. The Labute approximate surface area is 137 Å². The van der Waals surface area contributed by atoms with E-state index in [2.05, 4.69) is 30.7 Å². The number of rotatable bonds is 6. The summed E-state index contributed by atoms with van der Waals surface area (Å²) >= 11 is 0. The third-order valence-electron chi connectivity index (χ3n) is 3.63. The molecule has 0 N–H and O–H groups in total. The highest BCUT2D eigenvalue weighted by Gasteiger charge is 2.10. The van der Waals surface area contributed by atoms with Gasteiger partial charge in [0.15, 0.2) is 0 Å². The molecule has 0 fully saturated rings. The summed E-state index contributed by atoms with van der Waals surface area (Å²) in [6, 6.07) is 13.5. The van der Waals surface area contributed by atoms with Gasteiger partial charge in [-0.25, -0.2) is 4.79 Å². The second kappa shape index (κ2) is 8.22. The van der Waals surface area contributed by atoms with Crippen molar-refractivity contribution in [1.29, 1.82) is 0 Å². The summed E-state index contributed by atoms with van der Waals surface area (Å²) in [5.74, 6) is 1.31. The van der Waals surface area contributed by atoms with Crippen molar-refractivity contribution in [3.05, 3.63) is 59.2 Å². The van der Waals surface area contributed by atoms with Gasteiger partial charge in [-0.3, -0.25) is 0 Å². The monoisotopic (exact) mass is 314 g/mol. The van der Waals surface area contributed by atoms with E-state index in [1.54, 1.807) is 12.1 Å². The average Bonchev–Trinajstić information content (AvgIpc) is 2.60. The van der Waals surface area contributed by atoms with Gasteiger partial charge in [-0.1, -0.05) is 44.2 Å². The lowest BCUT2D eigenvalue weighted by Gasteiger charge is -2.14. The molecule has 0 bridgehead atoms. The van der Waals surface area contributed by atoms with Gasteiger partial charge in [-0.05, 0) is 36.1 Å². The van der Waals surface area contributed by atoms with E-state index in [-0.39, 0.29) is 0 Å². The van der Waals surface area contributed by atoms with Crippen molar-refractivity contribution in [1.82, 2.24) is 0 Å². The average molecular weight is 314 g/mol. The second-order valence-corrected chi connectivity index (χ2v) is 5.10. The number of hydrogen-bond acceptors (Lipinski definition) is 4. The highest BCUT2D eigenvalue weighted by molar-refractivity contribution is 5.64. The Morgan fingerprint density at radius 3 is 2.43 bits per heavy atom. The molecule has 4 heteroatoms. The molecule has 2 aromatic carbocycles. The Morgan fingerprint density at radius 1 is 0.957 bits per heavy atom. The zero-order valence-electron chi connectivity index (χ0n) is 13.8. The molecule has 0 unspecified atom stereocenters. The number of methoxy groups -OCH3 is 1. The fourth-order valence-electron chi connectivity index (χ4n) is 2.28. The quantitative estimate of drug-likeness (QED) is 0.580. The number of para-hydroxylation sites is 1. The summed E-state index contributed by atoms with van der Waals surface area (Å²) in [5, 5.41) is 0. The summed E-state index contributed by atoms with van der Waals surface area (Å²) in [4.78, 5) is 11.3. The molecular formula is C19H22O4. The Kier molecular flexibility index (Phi) is 6.03. The minimum Gasteiger partial charge on any atom is -0.488 e. The standard InChI is InChI=1S/C19H22O4/c1-4-14-10-11-17(15(5-2)12-14)22-13-16-8-6-7-9-18(16)23-19(20)21-3/h6-12H,4-5,13H2,1-3H3. The summed E-state index contributed by atoms with van der Waals surface area (Å²) in [5.41, 5.74) is 3.26. The van der Waals surface area contributed by atoms with Crippen LogP contribution in [0.25, 0.3) is 0 Å². The normalized spacial score (nSPS) is 10.2. The van der Waals surface area contributed by atoms with Crippen LogP contribution in [0.3, 0.4) is 0 Å². The lowest BCUT2D eigenvalue weighted by atomic mass is 10.1. The zero-order valence-corrected chi connectivity index (χ0v) is 13.8. The molecule has 0 atom stereocenters. The minimum absolute atomic E-state index is 0.325. The van der Waals surface area contributed by atoms with Gasteiger partial charge in [0, 0.05) is 5.56 Å². The smallest absolute Gasteiger partial charge is 0.488 e. The highest BCUT2D eigenvalue weighted by atomic mass is 16.7. The minimum atomic E-state index is -0.737. The summed E-state index contributed by atoms with van der Waals surface area (Å²) in [7, 11) is 1.28. The maximum absolute atomic E-state index is 11.3. The van der Waals surface area contributed by atoms with Crippen molar-refractivity contribution in [3.63, 3.8) is 0 Å². The first-order valence-electron chi connectivity index (χ1n) is 7.76. The van der Waals surface area contributed by atoms with Crippen molar-refractivity contribution < 1.29 is 19.0 Å². The first-order chi connectivity index (χ1) is 11.2. The molecule has 0 aliphatic heterocycles. The molecule has 0 aliphatic rings. The summed E-state index contributed by atoms with van der Waals surface area (Å²) < 4.78 is 15.6. The molecule has 0 radical (unpaired) electrons. The van der Waals surface area contributed by atoms with E-state index in [1.807, 2.05) is 18.2 Å². The number of ether oxygens (including phenoxy) is 3. The Morgan fingerprint density at radius 2 is 1.74 bits per heavy atom. The van der Waals surface area contributed by atoms with E-state index in [4.69, 9.17) is 9.47 Å². The van der Waals surface area contributed by atoms with Gasteiger partial charge in [0.25, 0.3) is 0 Å². The van der Waals surface area contributed by atoms with E-state index < -0.39 is 6.16 Å². The van der Waals surface area contributed by atoms with Crippen LogP contribution in [0.4, 0.5) is 4.79 Å². The fourth-order valence-corrected chi connectivity index (χ4v) is 2.28. The summed E-state index contributed by atoms with van der Waals surface area (Å²) in [6.07, 6.45) is 1.17. The first-order valence-corrected chi connectivity index (χ1v) is 7.76. The van der Waals surface area contributed by atoms with Crippen molar-refractivity contribution in [2.24, 2.45) is 0 Å². The SMILES string of the molecule is CCc1ccc(OCc2ccccc2OC(=O)OC)c(CC)c1. The van der Waals surface area contributed by atoms with Gasteiger partial charge < -0.3 is 14.2 Å². The molecule has 0 spiro atoms. The largest absolute Gasteiger partial charge is 0.513 e. The van der Waals surface area contributed by atoms with E-state index in [9.17, 15) is 4.79 Å². The van der Waals surface area contributed by atoms with Crippen LogP contribution < -0.4 is 9.47 Å². The predicted molar refractivity (Wildman–Crippen MR) is 89.0 cm³/mol. The molecule has 4 nitrogen and oxygen atoms in total. The third kappa shape index (κ3) is 4.49. The maximum atomic E-state index is 11.3. The second-order valence-electron chi connectivity index (χ2n) is 5.10. The molecule has 0 saturated carbocycles. The van der Waals surface area contributed by atoms with E-state index in [0.29, 0.717) is 12.4 Å².